The zero-order chi connectivity index (χ0) is 21.0. The van der Waals surface area contributed by atoms with Crippen molar-refractivity contribution < 1.29 is 0 Å². The van der Waals surface area contributed by atoms with Gasteiger partial charge in [-0.1, -0.05) is 72.3 Å². The highest BCUT2D eigenvalue weighted by Crippen LogP contribution is 2.41. The molecule has 0 fully saturated rings. The van der Waals surface area contributed by atoms with E-state index in [2.05, 4.69) is 45.6 Å². The Morgan fingerprint density at radius 3 is 2.39 bits per heavy atom. The first-order chi connectivity index (χ1) is 15.3. The highest BCUT2D eigenvalue weighted by Gasteiger charge is 2.18. The molecule has 5 rings (SSSR count). The van der Waals surface area contributed by atoms with Crippen LogP contribution in [0.2, 0.25) is 5.15 Å². The van der Waals surface area contributed by atoms with E-state index in [0.717, 1.165) is 44.5 Å². The van der Waals surface area contributed by atoms with Gasteiger partial charge in [0.25, 0.3) is 0 Å². The summed E-state index contributed by atoms with van der Waals surface area (Å²) in [6.45, 7) is 0.550. The number of nitrogens with zero attached hydrogens (tertiary/aromatic N) is 3. The molecular formula is C26H19ClN4. The van der Waals surface area contributed by atoms with Crippen molar-refractivity contribution in [1.29, 1.82) is 0 Å². The van der Waals surface area contributed by atoms with Crippen molar-refractivity contribution in [1.82, 2.24) is 15.0 Å². The van der Waals surface area contributed by atoms with Crippen LogP contribution in [-0.4, -0.2) is 15.0 Å². The second-order valence-corrected chi connectivity index (χ2v) is 7.49. The zero-order valence-corrected chi connectivity index (χ0v) is 17.4. The molecule has 0 saturated carbocycles. The number of nitrogens with one attached hydrogen (secondary N) is 1. The second kappa shape index (κ2) is 8.54. The Morgan fingerprint density at radius 1 is 0.774 bits per heavy atom. The van der Waals surface area contributed by atoms with Gasteiger partial charge >= 0.3 is 0 Å². The Bertz CT molecular complexity index is 1320. The molecule has 2 aromatic carbocycles. The van der Waals surface area contributed by atoms with Gasteiger partial charge in [0.1, 0.15) is 11.0 Å². The predicted molar refractivity (Wildman–Crippen MR) is 127 cm³/mol. The number of halogens is 1. The number of anilines is 1. The Morgan fingerprint density at radius 2 is 1.61 bits per heavy atom. The lowest BCUT2D eigenvalue weighted by Crippen LogP contribution is -2.05. The number of aromatic nitrogens is 3. The van der Waals surface area contributed by atoms with Crippen LogP contribution in [0.1, 0.15) is 5.69 Å². The molecule has 0 amide bonds. The molecule has 3 heterocycles. The molecule has 3 aromatic heterocycles. The van der Waals surface area contributed by atoms with Gasteiger partial charge in [0, 0.05) is 35.1 Å². The van der Waals surface area contributed by atoms with Crippen LogP contribution < -0.4 is 5.32 Å². The molecule has 0 unspecified atom stereocenters. The van der Waals surface area contributed by atoms with Crippen LogP contribution in [-0.2, 0) is 6.54 Å². The van der Waals surface area contributed by atoms with E-state index in [1.54, 1.807) is 12.4 Å². The summed E-state index contributed by atoms with van der Waals surface area (Å²) in [6, 6.07) is 26.4. The summed E-state index contributed by atoms with van der Waals surface area (Å²) in [5.74, 6) is 0.734. The van der Waals surface area contributed by atoms with Gasteiger partial charge in [-0.25, -0.2) is 4.98 Å². The van der Waals surface area contributed by atoms with Crippen molar-refractivity contribution in [2.24, 2.45) is 0 Å². The van der Waals surface area contributed by atoms with E-state index in [1.165, 1.54) is 0 Å². The Kier molecular flexibility index (Phi) is 5.29. The normalized spacial score (nSPS) is 10.9. The van der Waals surface area contributed by atoms with Crippen LogP contribution >= 0.6 is 11.6 Å². The molecule has 0 saturated heterocycles. The molecule has 0 spiro atoms. The van der Waals surface area contributed by atoms with Gasteiger partial charge < -0.3 is 5.32 Å². The average Bonchev–Trinajstić information content (AvgIpc) is 2.84. The van der Waals surface area contributed by atoms with Crippen LogP contribution in [0, 0.1) is 0 Å². The monoisotopic (exact) mass is 422 g/mol. The van der Waals surface area contributed by atoms with Gasteiger partial charge in [0.15, 0.2) is 0 Å². The first-order valence-corrected chi connectivity index (χ1v) is 10.4. The Labute approximate surface area is 185 Å². The maximum absolute atomic E-state index is 6.73. The molecule has 0 aliphatic carbocycles. The summed E-state index contributed by atoms with van der Waals surface area (Å²) < 4.78 is 0. The fourth-order valence-corrected chi connectivity index (χ4v) is 4.08. The lowest BCUT2D eigenvalue weighted by atomic mass is 9.94. The highest BCUT2D eigenvalue weighted by atomic mass is 35.5. The standard InChI is InChI=1S/C26H19ClN4/c27-25-23(19-10-7-14-28-16-19)22-13-6-12-21(18-8-2-1-3-9-18)24(22)26(31-25)30-17-20-11-4-5-15-29-20/h1-16H,17H2,(H,30,31). The average molecular weight is 423 g/mol. The molecule has 0 radical (unpaired) electrons. The molecule has 1 N–H and O–H groups in total. The van der Waals surface area contributed by atoms with E-state index < -0.39 is 0 Å². The fraction of sp³-hybridized carbons (Fsp3) is 0.0385. The first kappa shape index (κ1) is 19.2. The van der Waals surface area contributed by atoms with E-state index in [9.17, 15) is 0 Å². The van der Waals surface area contributed by atoms with Crippen LogP contribution in [0.25, 0.3) is 33.0 Å². The number of hydrogen-bond donors (Lipinski definition) is 1. The molecule has 0 aliphatic rings. The second-order valence-electron chi connectivity index (χ2n) is 7.14. The maximum atomic E-state index is 6.73. The lowest BCUT2D eigenvalue weighted by molar-refractivity contribution is 1.03. The molecule has 5 heteroatoms. The summed E-state index contributed by atoms with van der Waals surface area (Å²) in [5, 5.41) is 5.95. The number of pyridine rings is 3. The largest absolute Gasteiger partial charge is 0.364 e. The molecule has 4 nitrogen and oxygen atoms in total. The molecule has 0 aliphatic heterocycles. The zero-order valence-electron chi connectivity index (χ0n) is 16.7. The van der Waals surface area contributed by atoms with Crippen molar-refractivity contribution in [2.75, 3.05) is 5.32 Å². The van der Waals surface area contributed by atoms with Crippen molar-refractivity contribution in [3.63, 3.8) is 0 Å². The smallest absolute Gasteiger partial charge is 0.140 e. The SMILES string of the molecule is Clc1nc(NCc2ccccn2)c2c(-c3ccccc3)cccc2c1-c1cccnc1. The van der Waals surface area contributed by atoms with Crippen LogP contribution in [0.3, 0.4) is 0 Å². The van der Waals surface area contributed by atoms with Crippen molar-refractivity contribution >= 4 is 28.2 Å². The third-order valence-electron chi connectivity index (χ3n) is 5.18. The number of hydrogen-bond acceptors (Lipinski definition) is 4. The van der Waals surface area contributed by atoms with E-state index in [-0.39, 0.29) is 0 Å². The van der Waals surface area contributed by atoms with Gasteiger partial charge in [-0.3, -0.25) is 9.97 Å². The maximum Gasteiger partial charge on any atom is 0.140 e. The topological polar surface area (TPSA) is 50.7 Å². The molecule has 5 aromatic rings. The van der Waals surface area contributed by atoms with Gasteiger partial charge in [-0.2, -0.15) is 0 Å². The minimum atomic E-state index is 0.439. The van der Waals surface area contributed by atoms with Gasteiger partial charge in [0.05, 0.1) is 12.2 Å². The summed E-state index contributed by atoms with van der Waals surface area (Å²) in [7, 11) is 0. The predicted octanol–water partition coefficient (Wildman–Crippen LogP) is 6.62. The van der Waals surface area contributed by atoms with Gasteiger partial charge in [-0.05, 0) is 34.7 Å². The molecule has 0 bridgehead atoms. The first-order valence-electron chi connectivity index (χ1n) is 10.0. The fourth-order valence-electron chi connectivity index (χ4n) is 3.79. The molecule has 31 heavy (non-hydrogen) atoms. The van der Waals surface area contributed by atoms with Crippen LogP contribution in [0.15, 0.2) is 97.5 Å². The van der Waals surface area contributed by atoms with Crippen molar-refractivity contribution in [3.8, 4) is 22.3 Å². The number of fused-ring (bicyclic) bond motifs is 1. The van der Waals surface area contributed by atoms with Crippen LogP contribution in [0.4, 0.5) is 5.82 Å². The van der Waals surface area contributed by atoms with E-state index in [1.807, 2.05) is 54.7 Å². The summed E-state index contributed by atoms with van der Waals surface area (Å²) in [5.41, 5.74) is 4.96. The molecule has 150 valence electrons. The number of rotatable bonds is 5. The quantitative estimate of drug-likeness (QED) is 0.323. The van der Waals surface area contributed by atoms with E-state index >= 15 is 0 Å². The van der Waals surface area contributed by atoms with E-state index in [4.69, 9.17) is 16.6 Å². The summed E-state index contributed by atoms with van der Waals surface area (Å²) in [6.07, 6.45) is 5.36. The Hall–Kier alpha value is -3.76. The third-order valence-corrected chi connectivity index (χ3v) is 5.46. The third kappa shape index (κ3) is 3.86. The highest BCUT2D eigenvalue weighted by molar-refractivity contribution is 6.34. The number of benzene rings is 2. The lowest BCUT2D eigenvalue weighted by Gasteiger charge is -2.17. The summed E-state index contributed by atoms with van der Waals surface area (Å²) in [4.78, 5) is 13.5. The molecule has 0 atom stereocenters. The van der Waals surface area contributed by atoms with Crippen molar-refractivity contribution in [3.05, 3.63) is 108 Å². The van der Waals surface area contributed by atoms with Crippen LogP contribution in [0.5, 0.6) is 0 Å². The molecular weight excluding hydrogens is 404 g/mol. The van der Waals surface area contributed by atoms with Gasteiger partial charge in [0.2, 0.25) is 0 Å². The van der Waals surface area contributed by atoms with Crippen molar-refractivity contribution in [2.45, 2.75) is 6.54 Å². The minimum Gasteiger partial charge on any atom is -0.364 e. The van der Waals surface area contributed by atoms with E-state index in [0.29, 0.717) is 11.7 Å². The Balaban J connectivity index is 1.74. The summed E-state index contributed by atoms with van der Waals surface area (Å²) >= 11 is 6.73. The van der Waals surface area contributed by atoms with Gasteiger partial charge in [-0.15, -0.1) is 0 Å². The minimum absolute atomic E-state index is 0.439.